The molecule has 0 bridgehead atoms. The molecule has 4 nitrogen and oxygen atoms in total. The van der Waals surface area contributed by atoms with Crippen molar-refractivity contribution < 1.29 is 4.39 Å². The van der Waals surface area contributed by atoms with Gasteiger partial charge in [-0.3, -0.25) is 5.10 Å². The number of aromatic nitrogens is 3. The SMILES string of the molecule is NC(c1ncn[nH]1)c1ccc(Br)c(Cl)c1F. The fraction of sp³-hybridized carbons (Fsp3) is 0.111. The molecular weight excluding hydrogens is 298 g/mol. The largest absolute Gasteiger partial charge is 0.318 e. The summed E-state index contributed by atoms with van der Waals surface area (Å²) < 4.78 is 14.3. The van der Waals surface area contributed by atoms with Crippen molar-refractivity contribution in [2.75, 3.05) is 0 Å². The van der Waals surface area contributed by atoms with Gasteiger partial charge >= 0.3 is 0 Å². The molecule has 0 saturated carbocycles. The monoisotopic (exact) mass is 304 g/mol. The molecule has 1 unspecified atom stereocenters. The molecule has 1 aromatic carbocycles. The van der Waals surface area contributed by atoms with E-state index < -0.39 is 11.9 Å². The molecule has 0 aliphatic carbocycles. The Labute approximate surface area is 104 Å². The van der Waals surface area contributed by atoms with E-state index in [1.807, 2.05) is 0 Å². The fourth-order valence-electron chi connectivity index (χ4n) is 1.29. The molecule has 2 aromatic rings. The molecule has 7 heteroatoms. The summed E-state index contributed by atoms with van der Waals surface area (Å²) in [6.07, 6.45) is 1.31. The molecule has 0 aliphatic heterocycles. The third kappa shape index (κ3) is 1.95. The summed E-state index contributed by atoms with van der Waals surface area (Å²) in [5.74, 6) is -0.169. The Balaban J connectivity index is 2.45. The number of H-pyrrole nitrogens is 1. The first-order chi connectivity index (χ1) is 7.61. The van der Waals surface area contributed by atoms with Gasteiger partial charge in [-0.2, -0.15) is 5.10 Å². The van der Waals surface area contributed by atoms with Crippen LogP contribution in [0.1, 0.15) is 17.4 Å². The first-order valence-electron chi connectivity index (χ1n) is 4.35. The number of aromatic amines is 1. The molecular formula is C9H7BrClFN4. The lowest BCUT2D eigenvalue weighted by atomic mass is 10.1. The van der Waals surface area contributed by atoms with Gasteiger partial charge in [-0.15, -0.1) is 0 Å². The number of nitrogens with one attached hydrogen (secondary N) is 1. The van der Waals surface area contributed by atoms with Crippen molar-refractivity contribution in [1.29, 1.82) is 0 Å². The second kappa shape index (κ2) is 4.48. The van der Waals surface area contributed by atoms with Crippen molar-refractivity contribution in [2.45, 2.75) is 6.04 Å². The summed E-state index contributed by atoms with van der Waals surface area (Å²) in [4.78, 5) is 3.87. The highest BCUT2D eigenvalue weighted by atomic mass is 79.9. The van der Waals surface area contributed by atoms with Crippen LogP contribution in [0.5, 0.6) is 0 Å². The fourth-order valence-corrected chi connectivity index (χ4v) is 1.77. The minimum atomic E-state index is -0.715. The Morgan fingerprint density at radius 3 is 2.88 bits per heavy atom. The number of rotatable bonds is 2. The van der Waals surface area contributed by atoms with Crippen LogP contribution >= 0.6 is 27.5 Å². The summed E-state index contributed by atoms with van der Waals surface area (Å²) in [7, 11) is 0. The Morgan fingerprint density at radius 2 is 2.25 bits per heavy atom. The molecule has 2 rings (SSSR count). The topological polar surface area (TPSA) is 67.6 Å². The van der Waals surface area contributed by atoms with E-state index in [9.17, 15) is 4.39 Å². The van der Waals surface area contributed by atoms with Crippen LogP contribution in [0.2, 0.25) is 5.02 Å². The van der Waals surface area contributed by atoms with Crippen molar-refractivity contribution in [3.05, 3.63) is 45.2 Å². The van der Waals surface area contributed by atoms with Gasteiger partial charge in [0.05, 0.1) is 11.1 Å². The summed E-state index contributed by atoms with van der Waals surface area (Å²) in [5.41, 5.74) is 6.10. The van der Waals surface area contributed by atoms with E-state index >= 15 is 0 Å². The number of halogens is 3. The van der Waals surface area contributed by atoms with Crippen LogP contribution in [0.15, 0.2) is 22.9 Å². The standard InChI is InChI=1S/C9H7BrClFN4/c10-5-2-1-4(7(12)6(5)11)8(13)9-14-3-15-16-9/h1-3,8H,13H2,(H,14,15,16). The van der Waals surface area contributed by atoms with Crippen LogP contribution in [-0.2, 0) is 0 Å². The maximum atomic E-state index is 13.8. The maximum Gasteiger partial charge on any atom is 0.148 e. The Morgan fingerprint density at radius 1 is 1.50 bits per heavy atom. The van der Waals surface area contributed by atoms with Gasteiger partial charge in [0.2, 0.25) is 0 Å². The number of benzene rings is 1. The van der Waals surface area contributed by atoms with Gasteiger partial charge in [0, 0.05) is 10.0 Å². The zero-order valence-corrected chi connectivity index (χ0v) is 10.3. The molecule has 0 radical (unpaired) electrons. The average molecular weight is 306 g/mol. The summed E-state index contributed by atoms with van der Waals surface area (Å²) in [6.45, 7) is 0. The first kappa shape index (κ1) is 11.5. The number of nitrogens with zero attached hydrogens (tertiary/aromatic N) is 2. The van der Waals surface area contributed by atoms with Gasteiger partial charge in [0.25, 0.3) is 0 Å². The van der Waals surface area contributed by atoms with E-state index in [4.69, 9.17) is 17.3 Å². The highest BCUT2D eigenvalue weighted by Gasteiger charge is 2.19. The average Bonchev–Trinajstić information content (AvgIpc) is 2.79. The third-order valence-electron chi connectivity index (χ3n) is 2.13. The summed E-state index contributed by atoms with van der Waals surface area (Å²) in [6, 6.07) is 2.48. The normalized spacial score (nSPS) is 12.8. The van der Waals surface area contributed by atoms with Crippen LogP contribution < -0.4 is 5.73 Å². The van der Waals surface area contributed by atoms with Crippen molar-refractivity contribution in [2.24, 2.45) is 5.73 Å². The number of hydrogen-bond acceptors (Lipinski definition) is 3. The first-order valence-corrected chi connectivity index (χ1v) is 5.52. The van der Waals surface area contributed by atoms with Gasteiger partial charge in [0.1, 0.15) is 18.0 Å². The second-order valence-corrected chi connectivity index (χ2v) is 4.35. The second-order valence-electron chi connectivity index (χ2n) is 3.11. The summed E-state index contributed by atoms with van der Waals surface area (Å²) in [5, 5.41) is 6.25. The van der Waals surface area contributed by atoms with E-state index in [1.54, 1.807) is 12.1 Å². The van der Waals surface area contributed by atoms with Gasteiger partial charge < -0.3 is 5.73 Å². The molecule has 3 N–H and O–H groups in total. The number of nitrogens with two attached hydrogens (primary N) is 1. The van der Waals surface area contributed by atoms with Crippen molar-refractivity contribution in [3.63, 3.8) is 0 Å². The van der Waals surface area contributed by atoms with E-state index in [0.717, 1.165) is 0 Å². The lowest BCUT2D eigenvalue weighted by Crippen LogP contribution is -2.15. The van der Waals surface area contributed by atoms with Crippen LogP contribution in [-0.4, -0.2) is 15.2 Å². The predicted octanol–water partition coefficient (Wildman–Crippen LogP) is 2.41. The third-order valence-corrected chi connectivity index (χ3v) is 3.39. The molecule has 0 amide bonds. The van der Waals surface area contributed by atoms with Crippen LogP contribution in [0.4, 0.5) is 4.39 Å². The molecule has 0 spiro atoms. The highest BCUT2D eigenvalue weighted by molar-refractivity contribution is 9.10. The van der Waals surface area contributed by atoms with Crippen LogP contribution in [0.25, 0.3) is 0 Å². The minimum absolute atomic E-state index is 0.00691. The number of hydrogen-bond donors (Lipinski definition) is 2. The highest BCUT2D eigenvalue weighted by Crippen LogP contribution is 2.30. The molecule has 1 atom stereocenters. The Kier molecular flexibility index (Phi) is 3.22. The van der Waals surface area contributed by atoms with Crippen molar-refractivity contribution in [3.8, 4) is 0 Å². The molecule has 0 aliphatic rings. The zero-order valence-electron chi connectivity index (χ0n) is 7.92. The van der Waals surface area contributed by atoms with Gasteiger partial charge in [-0.1, -0.05) is 17.7 Å². The minimum Gasteiger partial charge on any atom is -0.318 e. The lowest BCUT2D eigenvalue weighted by molar-refractivity contribution is 0.593. The predicted molar refractivity (Wildman–Crippen MR) is 61.5 cm³/mol. The van der Waals surface area contributed by atoms with Gasteiger partial charge in [-0.05, 0) is 22.0 Å². The molecule has 0 fully saturated rings. The molecule has 0 saturated heterocycles. The molecule has 1 heterocycles. The van der Waals surface area contributed by atoms with E-state index in [-0.39, 0.29) is 10.6 Å². The lowest BCUT2D eigenvalue weighted by Gasteiger charge is -2.11. The van der Waals surface area contributed by atoms with Gasteiger partial charge in [0.15, 0.2) is 0 Å². The molecule has 84 valence electrons. The Hall–Kier alpha value is -0.980. The van der Waals surface area contributed by atoms with E-state index in [0.29, 0.717) is 10.3 Å². The Bertz CT molecular complexity index is 502. The summed E-state index contributed by atoms with van der Waals surface area (Å²) >= 11 is 8.89. The van der Waals surface area contributed by atoms with Crippen LogP contribution in [0.3, 0.4) is 0 Å². The van der Waals surface area contributed by atoms with Crippen molar-refractivity contribution in [1.82, 2.24) is 15.2 Å². The van der Waals surface area contributed by atoms with Crippen molar-refractivity contribution >= 4 is 27.5 Å². The van der Waals surface area contributed by atoms with E-state index in [1.165, 1.54) is 6.33 Å². The van der Waals surface area contributed by atoms with Crippen LogP contribution in [0, 0.1) is 5.82 Å². The quantitative estimate of drug-likeness (QED) is 0.837. The molecule has 1 aromatic heterocycles. The smallest absolute Gasteiger partial charge is 0.148 e. The zero-order chi connectivity index (χ0) is 11.7. The van der Waals surface area contributed by atoms with Gasteiger partial charge in [-0.25, -0.2) is 9.37 Å². The maximum absolute atomic E-state index is 13.8. The van der Waals surface area contributed by atoms with E-state index in [2.05, 4.69) is 31.1 Å². The molecule has 16 heavy (non-hydrogen) atoms.